The molecule has 0 atom stereocenters. The van der Waals surface area contributed by atoms with Crippen molar-refractivity contribution in [1.82, 2.24) is 14.9 Å². The molecule has 1 aliphatic rings. The van der Waals surface area contributed by atoms with Crippen LogP contribution in [-0.4, -0.2) is 26.3 Å². The summed E-state index contributed by atoms with van der Waals surface area (Å²) in [4.78, 5) is 20.1. The van der Waals surface area contributed by atoms with Crippen LogP contribution < -0.4 is 0 Å². The maximum atomic E-state index is 11.1. The molecule has 0 saturated heterocycles. The summed E-state index contributed by atoms with van der Waals surface area (Å²) >= 11 is 5.02. The molecule has 0 fully saturated rings. The summed E-state index contributed by atoms with van der Waals surface area (Å²) in [6.07, 6.45) is 2.64. The number of aromatic amines is 1. The van der Waals surface area contributed by atoms with Crippen LogP contribution in [0.5, 0.6) is 0 Å². The fourth-order valence-electron chi connectivity index (χ4n) is 2.60. The van der Waals surface area contributed by atoms with Crippen molar-refractivity contribution < 1.29 is 4.92 Å². The average molecular weight is 302 g/mol. The van der Waals surface area contributed by atoms with Crippen molar-refractivity contribution in [2.24, 2.45) is 0 Å². The van der Waals surface area contributed by atoms with Crippen molar-refractivity contribution >= 4 is 17.9 Å². The van der Waals surface area contributed by atoms with Crippen LogP contribution in [0, 0.1) is 14.9 Å². The molecule has 0 amide bonds. The quantitative estimate of drug-likeness (QED) is 0.536. The molecule has 0 unspecified atom stereocenters. The van der Waals surface area contributed by atoms with Crippen molar-refractivity contribution in [2.45, 2.75) is 19.5 Å². The van der Waals surface area contributed by atoms with E-state index in [0.29, 0.717) is 11.3 Å². The van der Waals surface area contributed by atoms with E-state index >= 15 is 0 Å². The summed E-state index contributed by atoms with van der Waals surface area (Å²) in [7, 11) is 0. The third kappa shape index (κ3) is 2.98. The molecular weight excluding hydrogens is 288 g/mol. The second kappa shape index (κ2) is 5.71. The largest absolute Gasteiger partial charge is 0.334 e. The molecule has 21 heavy (non-hydrogen) atoms. The van der Waals surface area contributed by atoms with Gasteiger partial charge in [-0.1, -0.05) is 18.2 Å². The Morgan fingerprint density at radius 1 is 1.43 bits per heavy atom. The summed E-state index contributed by atoms with van der Waals surface area (Å²) in [5.41, 5.74) is 3.14. The third-order valence-corrected chi connectivity index (χ3v) is 3.84. The number of rotatable bonds is 3. The van der Waals surface area contributed by atoms with Gasteiger partial charge in [-0.25, -0.2) is 4.98 Å². The van der Waals surface area contributed by atoms with Crippen LogP contribution in [0.15, 0.2) is 30.5 Å². The molecule has 0 aliphatic carbocycles. The van der Waals surface area contributed by atoms with E-state index < -0.39 is 0 Å². The average Bonchev–Trinajstić information content (AvgIpc) is 2.48. The summed E-state index contributed by atoms with van der Waals surface area (Å²) in [5.74, 6) is 0. The number of nitro benzene ring substituents is 1. The number of nitrogens with zero attached hydrogens (tertiary/aromatic N) is 3. The lowest BCUT2D eigenvalue weighted by Crippen LogP contribution is -2.31. The molecule has 0 spiro atoms. The van der Waals surface area contributed by atoms with Crippen LogP contribution in [0.25, 0.3) is 0 Å². The number of aromatic nitrogens is 2. The number of hydrogen-bond donors (Lipinski definition) is 1. The molecule has 3 rings (SSSR count). The van der Waals surface area contributed by atoms with Crippen molar-refractivity contribution in [3.63, 3.8) is 0 Å². The van der Waals surface area contributed by atoms with Crippen LogP contribution in [0.3, 0.4) is 0 Å². The molecule has 0 saturated carbocycles. The first-order valence-electron chi connectivity index (χ1n) is 6.65. The predicted molar refractivity (Wildman–Crippen MR) is 80.3 cm³/mol. The number of nitrogens with one attached hydrogen (secondary N) is 1. The molecule has 2 aromatic rings. The first-order chi connectivity index (χ1) is 10.1. The summed E-state index contributed by atoms with van der Waals surface area (Å²) in [5, 5.41) is 11.1. The highest BCUT2D eigenvalue weighted by molar-refractivity contribution is 7.71. The molecule has 2 heterocycles. The predicted octanol–water partition coefficient (Wildman–Crippen LogP) is 2.61. The zero-order chi connectivity index (χ0) is 14.8. The Morgan fingerprint density at radius 3 is 3.05 bits per heavy atom. The van der Waals surface area contributed by atoms with Gasteiger partial charge in [-0.15, -0.1) is 0 Å². The second-order valence-corrected chi connectivity index (χ2v) is 5.43. The molecule has 0 bridgehead atoms. The number of para-hydroxylation sites is 1. The van der Waals surface area contributed by atoms with Crippen molar-refractivity contribution in [2.75, 3.05) is 6.54 Å². The van der Waals surface area contributed by atoms with E-state index in [4.69, 9.17) is 12.2 Å². The second-order valence-electron chi connectivity index (χ2n) is 5.04. The van der Waals surface area contributed by atoms with Gasteiger partial charge in [0.1, 0.15) is 0 Å². The lowest BCUT2D eigenvalue weighted by Gasteiger charge is -2.28. The third-order valence-electron chi connectivity index (χ3n) is 3.64. The highest BCUT2D eigenvalue weighted by Crippen LogP contribution is 2.23. The van der Waals surface area contributed by atoms with E-state index in [9.17, 15) is 10.1 Å². The maximum absolute atomic E-state index is 11.1. The minimum absolute atomic E-state index is 0.175. The van der Waals surface area contributed by atoms with Crippen LogP contribution in [0.2, 0.25) is 0 Å². The van der Waals surface area contributed by atoms with Crippen molar-refractivity contribution in [1.29, 1.82) is 0 Å². The van der Waals surface area contributed by atoms with E-state index in [2.05, 4.69) is 14.9 Å². The van der Waals surface area contributed by atoms with Crippen LogP contribution in [0.4, 0.5) is 5.69 Å². The summed E-state index contributed by atoms with van der Waals surface area (Å²) < 4.78 is 0.501. The SMILES string of the molecule is O=[N+]([O-])c1ccccc1CN1CCc2[nH]c(=S)ncc2C1. The van der Waals surface area contributed by atoms with Crippen LogP contribution >= 0.6 is 12.2 Å². The number of benzene rings is 1. The molecule has 0 radical (unpaired) electrons. The lowest BCUT2D eigenvalue weighted by atomic mass is 10.1. The molecule has 1 aliphatic heterocycles. The van der Waals surface area contributed by atoms with Crippen LogP contribution in [0.1, 0.15) is 16.8 Å². The number of H-pyrrole nitrogens is 1. The molecule has 1 aromatic carbocycles. The minimum atomic E-state index is -0.327. The zero-order valence-corrected chi connectivity index (χ0v) is 12.1. The number of fused-ring (bicyclic) bond motifs is 1. The first-order valence-corrected chi connectivity index (χ1v) is 7.06. The van der Waals surface area contributed by atoms with Gasteiger partial charge in [-0.3, -0.25) is 15.0 Å². The Labute approximate surface area is 126 Å². The molecule has 108 valence electrons. The van der Waals surface area contributed by atoms with Gasteiger partial charge in [0.2, 0.25) is 0 Å². The van der Waals surface area contributed by atoms with Gasteiger partial charge in [0, 0.05) is 55.1 Å². The summed E-state index contributed by atoms with van der Waals surface area (Å²) in [6, 6.07) is 6.88. The standard InChI is InChI=1S/C14H14N4O2S/c19-18(20)13-4-2-1-3-10(13)8-17-6-5-12-11(9-17)7-15-14(21)16-12/h1-4,7H,5-6,8-9H2,(H,15,16,21). The Kier molecular flexibility index (Phi) is 3.76. The van der Waals surface area contributed by atoms with Crippen molar-refractivity contribution in [3.8, 4) is 0 Å². The van der Waals surface area contributed by atoms with Gasteiger partial charge >= 0.3 is 0 Å². The number of hydrogen-bond acceptors (Lipinski definition) is 5. The Hall–Kier alpha value is -2.12. The van der Waals surface area contributed by atoms with Gasteiger partial charge < -0.3 is 4.98 Å². The highest BCUT2D eigenvalue weighted by Gasteiger charge is 2.20. The topological polar surface area (TPSA) is 75.1 Å². The molecule has 1 N–H and O–H groups in total. The van der Waals surface area contributed by atoms with E-state index in [1.807, 2.05) is 12.1 Å². The Bertz CT molecular complexity index is 744. The van der Waals surface area contributed by atoms with E-state index in [0.717, 1.165) is 36.3 Å². The molecule has 6 nitrogen and oxygen atoms in total. The van der Waals surface area contributed by atoms with Gasteiger partial charge in [0.25, 0.3) is 5.69 Å². The first kappa shape index (κ1) is 13.8. The van der Waals surface area contributed by atoms with E-state index in [-0.39, 0.29) is 10.6 Å². The smallest absolute Gasteiger partial charge is 0.273 e. The lowest BCUT2D eigenvalue weighted by molar-refractivity contribution is -0.385. The normalized spacial score (nSPS) is 14.7. The van der Waals surface area contributed by atoms with E-state index in [1.54, 1.807) is 18.3 Å². The fraction of sp³-hybridized carbons (Fsp3) is 0.286. The van der Waals surface area contributed by atoms with Gasteiger partial charge in [-0.2, -0.15) is 0 Å². The minimum Gasteiger partial charge on any atom is -0.334 e. The molecular formula is C14H14N4O2S. The van der Waals surface area contributed by atoms with Crippen molar-refractivity contribution in [3.05, 3.63) is 62.2 Å². The fourth-order valence-corrected chi connectivity index (χ4v) is 2.78. The van der Waals surface area contributed by atoms with Gasteiger partial charge in [-0.05, 0) is 12.2 Å². The zero-order valence-electron chi connectivity index (χ0n) is 11.3. The highest BCUT2D eigenvalue weighted by atomic mass is 32.1. The Balaban J connectivity index is 1.80. The molecule has 1 aromatic heterocycles. The van der Waals surface area contributed by atoms with E-state index in [1.165, 1.54) is 0 Å². The summed E-state index contributed by atoms with van der Waals surface area (Å²) in [6.45, 7) is 2.13. The number of nitro groups is 1. The van der Waals surface area contributed by atoms with Gasteiger partial charge in [0.05, 0.1) is 4.92 Å². The molecule has 7 heteroatoms. The van der Waals surface area contributed by atoms with Gasteiger partial charge in [0.15, 0.2) is 4.77 Å². The maximum Gasteiger partial charge on any atom is 0.273 e. The van der Waals surface area contributed by atoms with Crippen LogP contribution in [-0.2, 0) is 19.5 Å². The Morgan fingerprint density at radius 2 is 2.24 bits per heavy atom. The monoisotopic (exact) mass is 302 g/mol.